The van der Waals surface area contributed by atoms with Gasteiger partial charge in [0.15, 0.2) is 0 Å². The second-order valence-electron chi connectivity index (χ2n) is 5.32. The molecule has 1 N–H and O–H groups in total. The molecule has 0 bridgehead atoms. The lowest BCUT2D eigenvalue weighted by atomic mass is 9.81. The molecule has 3 heteroatoms. The van der Waals surface area contributed by atoms with E-state index in [1.165, 1.54) is 0 Å². The number of Topliss-reactive ketones (excluding diaryl/α,β-unsaturated/α-hetero) is 2. The fraction of sp³-hybridized carbons (Fsp3) is 0.818. The summed E-state index contributed by atoms with van der Waals surface area (Å²) in [7, 11) is 0. The molecule has 0 aromatic carbocycles. The SMILES string of the molecule is CC(C)(C)C(=O)CC(=O)C(C)(C)CO. The van der Waals surface area contributed by atoms with Crippen molar-refractivity contribution in [1.82, 2.24) is 0 Å². The lowest BCUT2D eigenvalue weighted by Gasteiger charge is -2.22. The van der Waals surface area contributed by atoms with Crippen molar-refractivity contribution in [1.29, 1.82) is 0 Å². The van der Waals surface area contributed by atoms with Gasteiger partial charge in [-0.15, -0.1) is 0 Å². The summed E-state index contributed by atoms with van der Waals surface area (Å²) in [5, 5.41) is 8.95. The smallest absolute Gasteiger partial charge is 0.148 e. The molecular weight excluding hydrogens is 180 g/mol. The van der Waals surface area contributed by atoms with Gasteiger partial charge < -0.3 is 5.11 Å². The molecule has 0 radical (unpaired) electrons. The van der Waals surface area contributed by atoms with Gasteiger partial charge in [0.25, 0.3) is 0 Å². The highest BCUT2D eigenvalue weighted by molar-refractivity contribution is 6.03. The maximum Gasteiger partial charge on any atom is 0.148 e. The average Bonchev–Trinajstić information content (AvgIpc) is 2.02. The Kier molecular flexibility index (Phi) is 4.01. The zero-order valence-corrected chi connectivity index (χ0v) is 9.68. The Hall–Kier alpha value is -0.700. The zero-order valence-electron chi connectivity index (χ0n) is 9.68. The second kappa shape index (κ2) is 4.22. The zero-order chi connectivity index (χ0) is 11.6. The van der Waals surface area contributed by atoms with Gasteiger partial charge in [-0.1, -0.05) is 34.6 Å². The van der Waals surface area contributed by atoms with Crippen molar-refractivity contribution in [3.8, 4) is 0 Å². The van der Waals surface area contributed by atoms with Crippen LogP contribution in [0.4, 0.5) is 0 Å². The van der Waals surface area contributed by atoms with Crippen LogP contribution in [-0.2, 0) is 9.59 Å². The van der Waals surface area contributed by atoms with E-state index in [9.17, 15) is 9.59 Å². The third-order valence-electron chi connectivity index (χ3n) is 2.31. The molecule has 0 spiro atoms. The normalized spacial score (nSPS) is 12.7. The minimum atomic E-state index is -0.805. The van der Waals surface area contributed by atoms with E-state index in [2.05, 4.69) is 0 Å². The van der Waals surface area contributed by atoms with Crippen molar-refractivity contribution in [3.05, 3.63) is 0 Å². The first kappa shape index (κ1) is 13.3. The summed E-state index contributed by atoms with van der Waals surface area (Å²) < 4.78 is 0. The van der Waals surface area contributed by atoms with E-state index in [1.807, 2.05) is 0 Å². The van der Waals surface area contributed by atoms with E-state index in [0.29, 0.717) is 0 Å². The molecule has 0 fully saturated rings. The first-order valence-electron chi connectivity index (χ1n) is 4.79. The van der Waals surface area contributed by atoms with Gasteiger partial charge in [-0.3, -0.25) is 9.59 Å². The van der Waals surface area contributed by atoms with E-state index < -0.39 is 10.8 Å². The van der Waals surface area contributed by atoms with Crippen molar-refractivity contribution >= 4 is 11.6 Å². The van der Waals surface area contributed by atoms with Gasteiger partial charge in [-0.2, -0.15) is 0 Å². The van der Waals surface area contributed by atoms with Crippen LogP contribution < -0.4 is 0 Å². The van der Waals surface area contributed by atoms with Crippen molar-refractivity contribution in [2.75, 3.05) is 6.61 Å². The highest BCUT2D eigenvalue weighted by atomic mass is 16.3. The van der Waals surface area contributed by atoms with Gasteiger partial charge in [0.05, 0.1) is 13.0 Å². The summed E-state index contributed by atoms with van der Waals surface area (Å²) in [6.07, 6.45) is -0.0863. The third-order valence-corrected chi connectivity index (χ3v) is 2.31. The lowest BCUT2D eigenvalue weighted by molar-refractivity contribution is -0.136. The standard InChI is InChI=1S/C11H20O3/c1-10(2,3)8(13)6-9(14)11(4,5)7-12/h12H,6-7H2,1-5H3. The summed E-state index contributed by atoms with van der Waals surface area (Å²) in [5.74, 6) is -0.274. The molecular formula is C11H20O3. The molecule has 0 atom stereocenters. The van der Waals surface area contributed by atoms with Gasteiger partial charge in [0.1, 0.15) is 11.6 Å². The number of hydrogen-bond donors (Lipinski definition) is 1. The molecule has 0 heterocycles. The second-order valence-corrected chi connectivity index (χ2v) is 5.32. The minimum Gasteiger partial charge on any atom is -0.395 e. The molecule has 0 aromatic heterocycles. The van der Waals surface area contributed by atoms with Crippen molar-refractivity contribution in [2.45, 2.75) is 41.0 Å². The van der Waals surface area contributed by atoms with Gasteiger partial charge in [-0.25, -0.2) is 0 Å². The van der Waals surface area contributed by atoms with E-state index in [1.54, 1.807) is 34.6 Å². The molecule has 0 saturated heterocycles. The highest BCUT2D eigenvalue weighted by Crippen LogP contribution is 2.22. The molecule has 0 saturated carbocycles. The summed E-state index contributed by atoms with van der Waals surface area (Å²) in [4.78, 5) is 23.1. The Morgan fingerprint density at radius 2 is 1.43 bits per heavy atom. The monoisotopic (exact) mass is 200 g/mol. The lowest BCUT2D eigenvalue weighted by Crippen LogP contribution is -2.33. The van der Waals surface area contributed by atoms with Crippen LogP contribution >= 0.6 is 0 Å². The van der Waals surface area contributed by atoms with E-state index in [4.69, 9.17) is 5.11 Å². The summed E-state index contributed by atoms with van der Waals surface area (Å²) in [5.41, 5.74) is -1.29. The van der Waals surface area contributed by atoms with Crippen LogP contribution in [0.2, 0.25) is 0 Å². The number of carbonyl (C=O) groups excluding carboxylic acids is 2. The Morgan fingerprint density at radius 3 is 1.71 bits per heavy atom. The molecule has 0 aliphatic rings. The summed E-state index contributed by atoms with van der Waals surface area (Å²) in [6, 6.07) is 0. The van der Waals surface area contributed by atoms with Gasteiger partial charge in [0, 0.05) is 10.8 Å². The maximum absolute atomic E-state index is 11.6. The van der Waals surface area contributed by atoms with Gasteiger partial charge in [-0.05, 0) is 0 Å². The summed E-state index contributed by atoms with van der Waals surface area (Å²) in [6.45, 7) is 8.43. The van der Waals surface area contributed by atoms with E-state index in [0.717, 1.165) is 0 Å². The van der Waals surface area contributed by atoms with Crippen molar-refractivity contribution in [3.63, 3.8) is 0 Å². The highest BCUT2D eigenvalue weighted by Gasteiger charge is 2.31. The van der Waals surface area contributed by atoms with Crippen LogP contribution in [-0.4, -0.2) is 23.3 Å². The molecule has 0 amide bonds. The van der Waals surface area contributed by atoms with Crippen molar-refractivity contribution < 1.29 is 14.7 Å². The quantitative estimate of drug-likeness (QED) is 0.701. The first-order chi connectivity index (χ1) is 6.11. The van der Waals surface area contributed by atoms with Crippen LogP contribution in [0.15, 0.2) is 0 Å². The maximum atomic E-state index is 11.6. The molecule has 0 unspecified atom stereocenters. The number of carbonyl (C=O) groups is 2. The third kappa shape index (κ3) is 3.58. The Morgan fingerprint density at radius 1 is 1.00 bits per heavy atom. The van der Waals surface area contributed by atoms with Crippen LogP contribution in [0, 0.1) is 10.8 Å². The number of aliphatic hydroxyl groups excluding tert-OH is 1. The Labute approximate surface area is 85.5 Å². The molecule has 3 nitrogen and oxygen atoms in total. The molecule has 0 aliphatic heterocycles. The number of rotatable bonds is 4. The minimum absolute atomic E-state index is 0.0796. The Balaban J connectivity index is 4.43. The Bertz CT molecular complexity index is 233. The number of hydrogen-bond acceptors (Lipinski definition) is 3. The topological polar surface area (TPSA) is 54.4 Å². The van der Waals surface area contributed by atoms with Gasteiger partial charge in [0.2, 0.25) is 0 Å². The van der Waals surface area contributed by atoms with Gasteiger partial charge >= 0.3 is 0 Å². The predicted molar refractivity (Wildman–Crippen MR) is 55.0 cm³/mol. The van der Waals surface area contributed by atoms with Crippen molar-refractivity contribution in [2.24, 2.45) is 10.8 Å². The fourth-order valence-electron chi connectivity index (χ4n) is 0.738. The fourth-order valence-corrected chi connectivity index (χ4v) is 0.738. The first-order valence-corrected chi connectivity index (χ1v) is 4.79. The van der Waals surface area contributed by atoms with E-state index >= 15 is 0 Å². The van der Waals surface area contributed by atoms with Crippen LogP contribution in [0.3, 0.4) is 0 Å². The molecule has 14 heavy (non-hydrogen) atoms. The molecule has 0 aliphatic carbocycles. The largest absolute Gasteiger partial charge is 0.395 e. The summed E-state index contributed by atoms with van der Waals surface area (Å²) >= 11 is 0. The molecule has 0 aromatic rings. The predicted octanol–water partition coefficient (Wildman–Crippen LogP) is 1.58. The van der Waals surface area contributed by atoms with Crippen LogP contribution in [0.1, 0.15) is 41.0 Å². The van der Waals surface area contributed by atoms with E-state index in [-0.39, 0.29) is 24.6 Å². The number of aliphatic hydroxyl groups is 1. The number of ketones is 2. The van der Waals surface area contributed by atoms with Crippen LogP contribution in [0.25, 0.3) is 0 Å². The molecule has 82 valence electrons. The van der Waals surface area contributed by atoms with Crippen LogP contribution in [0.5, 0.6) is 0 Å². The average molecular weight is 200 g/mol. The molecule has 0 rings (SSSR count).